The highest BCUT2D eigenvalue weighted by molar-refractivity contribution is 5.72. The molecule has 0 unspecified atom stereocenters. The normalized spacial score (nSPS) is 16.1. The van der Waals surface area contributed by atoms with Crippen LogP contribution in [0.15, 0.2) is 12.4 Å². The zero-order valence-electron chi connectivity index (χ0n) is 10.3. The Morgan fingerprint density at radius 2 is 1.94 bits per heavy atom. The molecule has 0 radical (unpaired) electrons. The van der Waals surface area contributed by atoms with Crippen molar-refractivity contribution < 1.29 is 9.90 Å². The van der Waals surface area contributed by atoms with Crippen LogP contribution in [0.25, 0.3) is 0 Å². The summed E-state index contributed by atoms with van der Waals surface area (Å²) < 4.78 is 0. The van der Waals surface area contributed by atoms with Crippen LogP contribution in [0.5, 0.6) is 0 Å². The third kappa shape index (κ3) is 3.58. The molecule has 18 heavy (non-hydrogen) atoms. The lowest BCUT2D eigenvalue weighted by Gasteiger charge is -2.20. The molecule has 1 fully saturated rings. The number of hydrogen-bond acceptors (Lipinski definition) is 5. The fourth-order valence-electron chi connectivity index (χ4n) is 2.04. The molecule has 0 bridgehead atoms. The van der Waals surface area contributed by atoms with Gasteiger partial charge in [-0.05, 0) is 12.8 Å². The average Bonchev–Trinajstić information content (AvgIpc) is 2.66. The van der Waals surface area contributed by atoms with Crippen molar-refractivity contribution in [2.75, 3.05) is 29.9 Å². The van der Waals surface area contributed by atoms with Gasteiger partial charge < -0.3 is 15.3 Å². The molecule has 6 heteroatoms. The minimum atomic E-state index is -0.909. The summed E-state index contributed by atoms with van der Waals surface area (Å²) in [6, 6.07) is 0. The van der Waals surface area contributed by atoms with E-state index in [1.165, 1.54) is 25.7 Å². The Hall–Kier alpha value is -1.85. The lowest BCUT2D eigenvalue weighted by molar-refractivity contribution is -0.134. The van der Waals surface area contributed by atoms with Crippen molar-refractivity contribution in [2.24, 2.45) is 0 Å². The predicted molar refractivity (Wildman–Crippen MR) is 68.8 cm³/mol. The zero-order valence-corrected chi connectivity index (χ0v) is 10.3. The van der Waals surface area contributed by atoms with E-state index >= 15 is 0 Å². The number of hydrogen-bond donors (Lipinski definition) is 2. The molecule has 2 N–H and O–H groups in total. The number of anilines is 2. The Morgan fingerprint density at radius 3 is 2.50 bits per heavy atom. The summed E-state index contributed by atoms with van der Waals surface area (Å²) in [6.07, 6.45) is 8.24. The van der Waals surface area contributed by atoms with Crippen molar-refractivity contribution in [3.8, 4) is 0 Å². The van der Waals surface area contributed by atoms with Crippen LogP contribution in [0.2, 0.25) is 0 Å². The van der Waals surface area contributed by atoms with Crippen LogP contribution < -0.4 is 10.2 Å². The van der Waals surface area contributed by atoms with Crippen molar-refractivity contribution >= 4 is 17.6 Å². The molecule has 0 saturated carbocycles. The van der Waals surface area contributed by atoms with Crippen molar-refractivity contribution in [1.82, 2.24) is 9.97 Å². The van der Waals surface area contributed by atoms with Gasteiger partial charge in [-0.1, -0.05) is 12.8 Å². The van der Waals surface area contributed by atoms with E-state index in [1.807, 2.05) is 0 Å². The highest BCUT2D eigenvalue weighted by atomic mass is 16.4. The molecule has 1 aromatic heterocycles. The molecule has 0 aromatic carbocycles. The van der Waals surface area contributed by atoms with E-state index in [0.717, 1.165) is 18.9 Å². The number of carboxylic acids is 1. The molecular weight excluding hydrogens is 232 g/mol. The molecule has 1 aromatic rings. The minimum absolute atomic E-state index is 0.141. The Morgan fingerprint density at radius 1 is 1.22 bits per heavy atom. The van der Waals surface area contributed by atoms with Gasteiger partial charge in [-0.15, -0.1) is 0 Å². The highest BCUT2D eigenvalue weighted by Crippen LogP contribution is 2.16. The average molecular weight is 250 g/mol. The fraction of sp³-hybridized carbons (Fsp3) is 0.583. The molecule has 0 amide bonds. The Kier molecular flexibility index (Phi) is 4.33. The maximum atomic E-state index is 10.4. The molecule has 6 nitrogen and oxygen atoms in total. The molecule has 0 aliphatic carbocycles. The van der Waals surface area contributed by atoms with Crippen molar-refractivity contribution in [3.05, 3.63) is 12.4 Å². The number of nitrogens with zero attached hydrogens (tertiary/aromatic N) is 3. The second-order valence-corrected chi connectivity index (χ2v) is 4.41. The van der Waals surface area contributed by atoms with Crippen molar-refractivity contribution in [1.29, 1.82) is 0 Å². The van der Waals surface area contributed by atoms with E-state index in [9.17, 15) is 4.79 Å². The van der Waals surface area contributed by atoms with Gasteiger partial charge in [-0.25, -0.2) is 9.97 Å². The largest absolute Gasteiger partial charge is 0.480 e. The summed E-state index contributed by atoms with van der Waals surface area (Å²) in [5, 5.41) is 11.2. The molecule has 2 rings (SSSR count). The third-order valence-corrected chi connectivity index (χ3v) is 2.99. The molecule has 1 aliphatic heterocycles. The van der Waals surface area contributed by atoms with Gasteiger partial charge in [-0.3, -0.25) is 4.79 Å². The maximum Gasteiger partial charge on any atom is 0.322 e. The van der Waals surface area contributed by atoms with Gasteiger partial charge in [-0.2, -0.15) is 0 Å². The topological polar surface area (TPSA) is 78.3 Å². The predicted octanol–water partition coefficient (Wildman–Crippen LogP) is 1.35. The van der Waals surface area contributed by atoms with E-state index in [0.29, 0.717) is 5.82 Å². The molecule has 0 spiro atoms. The minimum Gasteiger partial charge on any atom is -0.480 e. The summed E-state index contributed by atoms with van der Waals surface area (Å²) in [6.45, 7) is 1.91. The van der Waals surface area contributed by atoms with Gasteiger partial charge in [0.1, 0.15) is 18.2 Å². The number of carboxylic acid groups (broad SMARTS) is 1. The highest BCUT2D eigenvalue weighted by Gasteiger charge is 2.11. The monoisotopic (exact) mass is 250 g/mol. The number of carbonyl (C=O) groups is 1. The van der Waals surface area contributed by atoms with Crippen LogP contribution in [-0.4, -0.2) is 40.7 Å². The Balaban J connectivity index is 1.95. The molecule has 0 atom stereocenters. The summed E-state index contributed by atoms with van der Waals surface area (Å²) in [7, 11) is 0. The molecule has 1 aliphatic rings. The number of rotatable bonds is 4. The number of aliphatic carboxylic acids is 1. The first-order valence-corrected chi connectivity index (χ1v) is 6.28. The number of aromatic nitrogens is 2. The molecule has 1 saturated heterocycles. The van der Waals surface area contributed by atoms with Crippen LogP contribution in [0, 0.1) is 0 Å². The summed E-state index contributed by atoms with van der Waals surface area (Å²) >= 11 is 0. The van der Waals surface area contributed by atoms with Crippen LogP contribution in [0.3, 0.4) is 0 Å². The van der Waals surface area contributed by atoms with Crippen LogP contribution in [-0.2, 0) is 4.79 Å². The van der Waals surface area contributed by atoms with Crippen LogP contribution >= 0.6 is 0 Å². The van der Waals surface area contributed by atoms with Gasteiger partial charge in [0.2, 0.25) is 0 Å². The summed E-state index contributed by atoms with van der Waals surface area (Å²) in [4.78, 5) is 21.2. The quantitative estimate of drug-likeness (QED) is 0.840. The first-order chi connectivity index (χ1) is 8.75. The van der Waals surface area contributed by atoms with Gasteiger partial charge in [0.05, 0.1) is 12.4 Å². The lowest BCUT2D eigenvalue weighted by atomic mass is 10.2. The summed E-state index contributed by atoms with van der Waals surface area (Å²) in [5.41, 5.74) is 0. The van der Waals surface area contributed by atoms with E-state index in [-0.39, 0.29) is 6.54 Å². The standard InChI is InChI=1S/C12H18N4O2/c17-12(18)9-14-10-7-15-11(8-13-10)16-5-3-1-2-4-6-16/h7-8H,1-6,9H2,(H,13,14)(H,17,18). The fourth-order valence-corrected chi connectivity index (χ4v) is 2.04. The second-order valence-electron chi connectivity index (χ2n) is 4.41. The van der Waals surface area contributed by atoms with Gasteiger partial charge in [0, 0.05) is 13.1 Å². The van der Waals surface area contributed by atoms with E-state index in [4.69, 9.17) is 5.11 Å². The van der Waals surface area contributed by atoms with E-state index < -0.39 is 5.97 Å². The smallest absolute Gasteiger partial charge is 0.322 e. The second kappa shape index (κ2) is 6.18. The molecule has 98 valence electrons. The molecule has 2 heterocycles. The van der Waals surface area contributed by atoms with Crippen LogP contribution in [0.1, 0.15) is 25.7 Å². The van der Waals surface area contributed by atoms with Gasteiger partial charge in [0.15, 0.2) is 0 Å². The lowest BCUT2D eigenvalue weighted by Crippen LogP contribution is -2.25. The summed E-state index contributed by atoms with van der Waals surface area (Å²) in [5.74, 6) is 0.460. The van der Waals surface area contributed by atoms with E-state index in [1.54, 1.807) is 12.4 Å². The SMILES string of the molecule is O=C(O)CNc1cnc(N2CCCCCC2)cn1. The Bertz CT molecular complexity index is 386. The van der Waals surface area contributed by atoms with Gasteiger partial charge >= 0.3 is 5.97 Å². The molecular formula is C12H18N4O2. The van der Waals surface area contributed by atoms with Crippen molar-refractivity contribution in [3.63, 3.8) is 0 Å². The Labute approximate surface area is 106 Å². The van der Waals surface area contributed by atoms with E-state index in [2.05, 4.69) is 20.2 Å². The zero-order chi connectivity index (χ0) is 12.8. The first-order valence-electron chi connectivity index (χ1n) is 6.28. The number of nitrogens with one attached hydrogen (secondary N) is 1. The van der Waals surface area contributed by atoms with Crippen LogP contribution in [0.4, 0.5) is 11.6 Å². The van der Waals surface area contributed by atoms with Crippen molar-refractivity contribution in [2.45, 2.75) is 25.7 Å². The van der Waals surface area contributed by atoms with Gasteiger partial charge in [0.25, 0.3) is 0 Å². The third-order valence-electron chi connectivity index (χ3n) is 2.99. The maximum absolute atomic E-state index is 10.4. The first kappa shape index (κ1) is 12.6.